The van der Waals surface area contributed by atoms with Gasteiger partial charge < -0.3 is 10.6 Å². The van der Waals surface area contributed by atoms with Gasteiger partial charge in [-0.1, -0.05) is 12.1 Å². The van der Waals surface area contributed by atoms with E-state index in [9.17, 15) is 9.59 Å². The molecule has 0 spiro atoms. The van der Waals surface area contributed by atoms with E-state index in [4.69, 9.17) is 0 Å². The minimum absolute atomic E-state index is 0.0330. The van der Waals surface area contributed by atoms with Crippen LogP contribution in [0.15, 0.2) is 24.3 Å². The van der Waals surface area contributed by atoms with Gasteiger partial charge in [0.1, 0.15) is 0 Å². The van der Waals surface area contributed by atoms with E-state index in [2.05, 4.69) is 10.6 Å². The average Bonchev–Trinajstić information content (AvgIpc) is 3.36. The van der Waals surface area contributed by atoms with Crippen molar-refractivity contribution in [1.82, 2.24) is 5.32 Å². The molecule has 4 heteroatoms. The maximum Gasteiger partial charge on any atom is 0.239 e. The lowest BCUT2D eigenvalue weighted by atomic mass is 10.1. The molecule has 0 atom stereocenters. The van der Waals surface area contributed by atoms with Crippen molar-refractivity contribution in [2.24, 2.45) is 11.8 Å². The second kappa shape index (κ2) is 5.88. The van der Waals surface area contributed by atoms with E-state index in [1.54, 1.807) is 19.1 Å². The summed E-state index contributed by atoms with van der Waals surface area (Å²) in [5.74, 6) is 1.50. The van der Waals surface area contributed by atoms with E-state index in [0.29, 0.717) is 23.4 Å². The first-order valence-corrected chi connectivity index (χ1v) is 7.78. The molecule has 1 aromatic rings. The molecule has 1 amide bonds. The Morgan fingerprint density at radius 2 is 1.86 bits per heavy atom. The Balaban J connectivity index is 1.51. The summed E-state index contributed by atoms with van der Waals surface area (Å²) in [6.07, 6.45) is 5.04. The quantitative estimate of drug-likeness (QED) is 0.758. The molecule has 2 saturated carbocycles. The maximum atomic E-state index is 12.1. The number of hydrogen-bond donors (Lipinski definition) is 2. The zero-order valence-corrected chi connectivity index (χ0v) is 12.4. The monoisotopic (exact) mass is 286 g/mol. The Morgan fingerprint density at radius 3 is 2.43 bits per heavy atom. The molecule has 0 saturated heterocycles. The summed E-state index contributed by atoms with van der Waals surface area (Å²) >= 11 is 0. The third kappa shape index (κ3) is 3.84. The molecule has 2 fully saturated rings. The fraction of sp³-hybridized carbons (Fsp3) is 0.529. The Kier molecular flexibility index (Phi) is 3.95. The molecule has 0 radical (unpaired) electrons. The van der Waals surface area contributed by atoms with Crippen molar-refractivity contribution in [2.75, 3.05) is 11.9 Å². The van der Waals surface area contributed by atoms with Crippen LogP contribution in [-0.4, -0.2) is 24.3 Å². The van der Waals surface area contributed by atoms with Gasteiger partial charge in [0.05, 0.1) is 6.54 Å². The lowest BCUT2D eigenvalue weighted by Crippen LogP contribution is -2.41. The van der Waals surface area contributed by atoms with E-state index in [1.807, 2.05) is 12.1 Å². The Labute approximate surface area is 125 Å². The second-order valence-electron chi connectivity index (χ2n) is 6.26. The van der Waals surface area contributed by atoms with Crippen molar-refractivity contribution in [3.63, 3.8) is 0 Å². The van der Waals surface area contributed by atoms with E-state index in [-0.39, 0.29) is 18.2 Å². The van der Waals surface area contributed by atoms with Crippen molar-refractivity contribution >= 4 is 17.4 Å². The van der Waals surface area contributed by atoms with Gasteiger partial charge in [-0.3, -0.25) is 9.59 Å². The summed E-state index contributed by atoms with van der Waals surface area (Å²) in [6.45, 7) is 1.80. The average molecular weight is 286 g/mol. The number of nitrogens with one attached hydrogen (secondary N) is 2. The van der Waals surface area contributed by atoms with Crippen LogP contribution in [0, 0.1) is 11.8 Å². The van der Waals surface area contributed by atoms with Gasteiger partial charge in [0.2, 0.25) is 5.91 Å². The lowest BCUT2D eigenvalue weighted by Gasteiger charge is -2.18. The third-order valence-corrected chi connectivity index (χ3v) is 4.31. The largest absolute Gasteiger partial charge is 0.376 e. The van der Waals surface area contributed by atoms with E-state index < -0.39 is 0 Å². The minimum Gasteiger partial charge on any atom is -0.376 e. The number of hydrogen-bond acceptors (Lipinski definition) is 3. The molecule has 0 aliphatic heterocycles. The van der Waals surface area contributed by atoms with Gasteiger partial charge in [0, 0.05) is 17.3 Å². The Morgan fingerprint density at radius 1 is 1.19 bits per heavy atom. The zero-order chi connectivity index (χ0) is 14.8. The van der Waals surface area contributed by atoms with Crippen LogP contribution in [0.2, 0.25) is 0 Å². The highest BCUT2D eigenvalue weighted by Gasteiger charge is 2.42. The molecule has 2 aliphatic rings. The molecular formula is C17H22N2O2. The standard InChI is InChI=1S/C17H22N2O2/c1-11(20)14-3-2-4-15(9-14)18-10-16(21)19-17(12-5-6-12)13-7-8-13/h2-4,9,12-13,17-18H,5-8,10H2,1H3,(H,19,21). The van der Waals surface area contributed by atoms with Crippen molar-refractivity contribution in [3.05, 3.63) is 29.8 Å². The molecule has 3 rings (SSSR count). The summed E-state index contributed by atoms with van der Waals surface area (Å²) < 4.78 is 0. The summed E-state index contributed by atoms with van der Waals surface area (Å²) in [5.41, 5.74) is 1.47. The minimum atomic E-state index is 0.0330. The highest BCUT2D eigenvalue weighted by Crippen LogP contribution is 2.44. The van der Waals surface area contributed by atoms with Gasteiger partial charge >= 0.3 is 0 Å². The summed E-state index contributed by atoms with van der Waals surface area (Å²) in [6, 6.07) is 7.66. The third-order valence-electron chi connectivity index (χ3n) is 4.31. The van der Waals surface area contributed by atoms with Crippen molar-refractivity contribution in [1.29, 1.82) is 0 Å². The zero-order valence-electron chi connectivity index (χ0n) is 12.4. The van der Waals surface area contributed by atoms with Crippen LogP contribution in [0.4, 0.5) is 5.69 Å². The van der Waals surface area contributed by atoms with Crippen LogP contribution in [0.5, 0.6) is 0 Å². The van der Waals surface area contributed by atoms with Gasteiger partial charge in [-0.25, -0.2) is 0 Å². The van der Waals surface area contributed by atoms with Gasteiger partial charge in [0.15, 0.2) is 5.78 Å². The predicted molar refractivity (Wildman–Crippen MR) is 82.3 cm³/mol. The Hall–Kier alpha value is -1.84. The Bertz CT molecular complexity index is 535. The topological polar surface area (TPSA) is 58.2 Å². The van der Waals surface area contributed by atoms with Crippen molar-refractivity contribution in [3.8, 4) is 0 Å². The van der Waals surface area contributed by atoms with Crippen LogP contribution in [0.3, 0.4) is 0 Å². The van der Waals surface area contributed by atoms with Crippen LogP contribution in [-0.2, 0) is 4.79 Å². The predicted octanol–water partition coefficient (Wildman–Crippen LogP) is 2.61. The molecule has 2 N–H and O–H groups in total. The number of amides is 1. The molecule has 21 heavy (non-hydrogen) atoms. The second-order valence-corrected chi connectivity index (χ2v) is 6.26. The van der Waals surface area contributed by atoms with Gasteiger partial charge in [-0.2, -0.15) is 0 Å². The molecule has 0 aromatic heterocycles. The number of carbonyl (C=O) groups is 2. The van der Waals surface area contributed by atoms with E-state index in [0.717, 1.165) is 5.69 Å². The van der Waals surface area contributed by atoms with Crippen molar-refractivity contribution in [2.45, 2.75) is 38.6 Å². The molecule has 112 valence electrons. The SMILES string of the molecule is CC(=O)c1cccc(NCC(=O)NC(C2CC2)C2CC2)c1. The maximum absolute atomic E-state index is 12.1. The van der Waals surface area contributed by atoms with E-state index >= 15 is 0 Å². The highest BCUT2D eigenvalue weighted by atomic mass is 16.2. The molecule has 0 heterocycles. The van der Waals surface area contributed by atoms with Gasteiger partial charge in [-0.05, 0) is 56.6 Å². The summed E-state index contributed by atoms with van der Waals surface area (Å²) in [5, 5.41) is 6.28. The first-order valence-electron chi connectivity index (χ1n) is 7.78. The van der Waals surface area contributed by atoms with Crippen molar-refractivity contribution < 1.29 is 9.59 Å². The molecule has 0 bridgehead atoms. The normalized spacial score (nSPS) is 17.6. The number of rotatable bonds is 7. The fourth-order valence-corrected chi connectivity index (χ4v) is 2.80. The molecule has 1 aromatic carbocycles. The number of anilines is 1. The van der Waals surface area contributed by atoms with E-state index in [1.165, 1.54) is 25.7 Å². The molecule has 4 nitrogen and oxygen atoms in total. The lowest BCUT2D eigenvalue weighted by molar-refractivity contribution is -0.120. The highest BCUT2D eigenvalue weighted by molar-refractivity contribution is 5.95. The molecular weight excluding hydrogens is 264 g/mol. The number of benzene rings is 1. The molecule has 2 aliphatic carbocycles. The fourth-order valence-electron chi connectivity index (χ4n) is 2.80. The first kappa shape index (κ1) is 14.1. The number of Topliss-reactive ketones (excluding diaryl/α,β-unsaturated/α-hetero) is 1. The van der Waals surface area contributed by atoms with Crippen LogP contribution in [0.1, 0.15) is 43.0 Å². The molecule has 0 unspecified atom stereocenters. The van der Waals surface area contributed by atoms with Crippen LogP contribution < -0.4 is 10.6 Å². The van der Waals surface area contributed by atoms with Crippen LogP contribution in [0.25, 0.3) is 0 Å². The smallest absolute Gasteiger partial charge is 0.239 e. The summed E-state index contributed by atoms with van der Waals surface area (Å²) in [7, 11) is 0. The van der Waals surface area contributed by atoms with Crippen LogP contribution >= 0.6 is 0 Å². The summed E-state index contributed by atoms with van der Waals surface area (Å²) in [4.78, 5) is 23.4. The number of ketones is 1. The van der Waals surface area contributed by atoms with Gasteiger partial charge in [0.25, 0.3) is 0 Å². The van der Waals surface area contributed by atoms with Gasteiger partial charge in [-0.15, -0.1) is 0 Å². The first-order chi connectivity index (χ1) is 10.1. The number of carbonyl (C=O) groups excluding carboxylic acids is 2.